The quantitative estimate of drug-likeness (QED) is 0.0842. The summed E-state index contributed by atoms with van der Waals surface area (Å²) in [7, 11) is 0. The highest BCUT2D eigenvalue weighted by Gasteiger charge is 2.24. The third-order valence-corrected chi connectivity index (χ3v) is 33.1. The molecule has 0 amide bonds. The molecule has 3 aromatic heterocycles. The second-order valence-corrected chi connectivity index (χ2v) is 41.6. The number of hydrogen-bond donors (Lipinski definition) is 0. The average Bonchev–Trinajstić information content (AvgIpc) is 1.53. The van der Waals surface area contributed by atoms with Crippen LogP contribution in [0.4, 0.5) is 51.2 Å². The van der Waals surface area contributed by atoms with Gasteiger partial charge in [-0.15, -0.1) is 34.0 Å². The largest absolute Gasteiger partial charge is 0.310 e. The number of benzene rings is 26. The van der Waals surface area contributed by atoms with Crippen molar-refractivity contribution >= 4 is 210 Å². The maximum Gasteiger partial charge on any atom is 0.0473 e. The van der Waals surface area contributed by atoms with E-state index in [-0.39, 0.29) is 0 Å². The number of hydrogen-bond acceptors (Lipinski definition) is 6. The number of thiophene rings is 3. The van der Waals surface area contributed by atoms with Gasteiger partial charge >= 0.3 is 0 Å². The van der Waals surface area contributed by atoms with E-state index in [1.165, 1.54) is 214 Å². The Bertz CT molecular complexity index is 10000. The maximum absolute atomic E-state index is 2.41. The van der Waals surface area contributed by atoms with Gasteiger partial charge in [-0.25, -0.2) is 0 Å². The zero-order valence-corrected chi connectivity index (χ0v) is 84.4. The van der Waals surface area contributed by atoms with Crippen LogP contribution >= 0.6 is 34.0 Å². The van der Waals surface area contributed by atoms with Gasteiger partial charge in [0.2, 0.25) is 0 Å². The highest BCUT2D eigenvalue weighted by Crippen LogP contribution is 2.51. The molecular formula is C144H95N3S3. The summed E-state index contributed by atoms with van der Waals surface area (Å²) in [6.07, 6.45) is 0. The van der Waals surface area contributed by atoms with Crippen molar-refractivity contribution in [3.8, 4) is 89.0 Å². The molecule has 29 rings (SSSR count). The van der Waals surface area contributed by atoms with Gasteiger partial charge in [-0.2, -0.15) is 0 Å². The van der Waals surface area contributed by atoms with Crippen LogP contribution in [-0.4, -0.2) is 0 Å². The monoisotopic (exact) mass is 1960 g/mol. The van der Waals surface area contributed by atoms with E-state index in [2.05, 4.69) is 591 Å². The molecule has 0 spiro atoms. The Hall–Kier alpha value is -18.7. The van der Waals surface area contributed by atoms with Crippen LogP contribution < -0.4 is 14.7 Å². The van der Waals surface area contributed by atoms with E-state index in [0.29, 0.717) is 0 Å². The summed E-state index contributed by atoms with van der Waals surface area (Å²) in [5.74, 6) is 0. The smallest absolute Gasteiger partial charge is 0.0473 e. The fraction of sp³-hybridized carbons (Fsp3) is 0. The van der Waals surface area contributed by atoms with Crippen LogP contribution in [0.2, 0.25) is 0 Å². The third-order valence-electron chi connectivity index (χ3n) is 29.5. The van der Waals surface area contributed by atoms with Gasteiger partial charge < -0.3 is 14.7 Å². The Balaban J connectivity index is 0.000000111. The van der Waals surface area contributed by atoms with Crippen LogP contribution in [0.15, 0.2) is 576 Å². The number of anilines is 9. The minimum Gasteiger partial charge on any atom is -0.310 e. The molecule has 0 saturated carbocycles. The molecule has 0 bridgehead atoms. The first-order valence-corrected chi connectivity index (χ1v) is 53.6. The lowest BCUT2D eigenvalue weighted by atomic mass is 9.96. The van der Waals surface area contributed by atoms with Crippen molar-refractivity contribution in [1.82, 2.24) is 0 Å². The Kier molecular flexibility index (Phi) is 23.7. The van der Waals surface area contributed by atoms with Gasteiger partial charge in [-0.05, 0) is 283 Å². The lowest BCUT2D eigenvalue weighted by Crippen LogP contribution is -2.10. The summed E-state index contributed by atoms with van der Waals surface area (Å²) in [5, 5.41) is 23.4. The van der Waals surface area contributed by atoms with E-state index in [1.807, 2.05) is 34.0 Å². The zero-order chi connectivity index (χ0) is 99.3. The molecule has 0 aliphatic carbocycles. The predicted molar refractivity (Wildman–Crippen MR) is 651 cm³/mol. The van der Waals surface area contributed by atoms with Crippen molar-refractivity contribution < 1.29 is 0 Å². The Labute approximate surface area is 883 Å². The third kappa shape index (κ3) is 17.3. The number of rotatable bonds is 17. The van der Waals surface area contributed by atoms with E-state index >= 15 is 0 Å². The Morgan fingerprint density at radius 3 is 0.607 bits per heavy atom. The normalized spacial score (nSPS) is 11.5. The summed E-state index contributed by atoms with van der Waals surface area (Å²) >= 11 is 5.70. The first-order chi connectivity index (χ1) is 74.3. The van der Waals surface area contributed by atoms with Gasteiger partial charge in [0, 0.05) is 128 Å². The van der Waals surface area contributed by atoms with Crippen molar-refractivity contribution in [2.24, 2.45) is 0 Å². The number of fused-ring (bicyclic) bond motifs is 21. The van der Waals surface area contributed by atoms with Gasteiger partial charge in [0.1, 0.15) is 0 Å². The summed E-state index contributed by atoms with van der Waals surface area (Å²) in [6, 6.07) is 209. The lowest BCUT2D eigenvalue weighted by molar-refractivity contribution is 1.29. The molecule has 3 nitrogen and oxygen atoms in total. The highest BCUT2D eigenvalue weighted by atomic mass is 32.1. The van der Waals surface area contributed by atoms with Crippen LogP contribution in [0.1, 0.15) is 0 Å². The summed E-state index contributed by atoms with van der Waals surface area (Å²) in [5.41, 5.74) is 29.4. The van der Waals surface area contributed by atoms with Crippen molar-refractivity contribution in [3.05, 3.63) is 576 Å². The van der Waals surface area contributed by atoms with Crippen LogP contribution in [0.25, 0.3) is 214 Å². The molecular weight excluding hydrogens is 1870 g/mol. The minimum absolute atomic E-state index is 1.11. The Morgan fingerprint density at radius 2 is 0.307 bits per heavy atom. The first kappa shape index (κ1) is 90.1. The summed E-state index contributed by atoms with van der Waals surface area (Å²) in [6.45, 7) is 0. The van der Waals surface area contributed by atoms with Gasteiger partial charge in [0.25, 0.3) is 0 Å². The SMILES string of the molecule is c1ccc(-c2ccc(N(c3cc(-c4ccccc4)cc(-c4ccccc4)c3)c3ccc4c(ccc5ccc6c7ccccc7sc6c54)c3)cc2)cc1.c1ccc(-c2ccc(N(c3ccc(-c4cccc(-c5ccccc5)c4)cc3)c3ccc4c(ccc5ccc6c7ccccc7sc6c54)c3)cc2)cc1.c1ccc(-c2cccc(-c3ccc(N(c4ccccc4)c4ccc5c(ccc6ccc7c8ccccc8sc7c65)c4)cc3)c2)cc1. The fourth-order valence-corrected chi connectivity index (χ4v) is 25.9. The molecule has 29 aromatic rings. The van der Waals surface area contributed by atoms with E-state index in [0.717, 1.165) is 51.2 Å². The standard InChI is InChI=1S/2C50H33NS.C44H29NS/c1-4-12-34(13-5-1)37-22-25-42(26-23-37)51(44-32-40(35-14-6-2-7-15-35)30-41(33-44)36-16-8-3-9-17-36)43-27-29-45-39(31-43)21-20-38-24-28-47-46-18-10-11-19-48(46)52-50(47)49(38)45;1-3-10-34(11-4-1)36-20-25-42(26-21-36)51(43-27-22-37(23-28-43)40-15-9-14-39(32-40)35-12-5-2-6-13-35)44-29-31-45-41(33-44)19-18-38-24-30-47-46-16-7-8-17-48(46)52-50(47)49(38)45;1-3-10-30(11-4-1)33-12-9-13-34(28-33)31-20-23-37(24-21-31)45(36-14-5-2-6-15-36)38-25-27-39-35(29-38)19-18-32-22-26-41-40-16-7-8-17-42(40)46-44(41)43(32)39/h2*1-33H;1-29H. The molecule has 0 fully saturated rings. The fourth-order valence-electron chi connectivity index (χ4n) is 22.1. The van der Waals surface area contributed by atoms with Crippen LogP contribution in [0.3, 0.4) is 0 Å². The molecule has 0 aliphatic heterocycles. The van der Waals surface area contributed by atoms with Gasteiger partial charge in [-0.3, -0.25) is 0 Å². The molecule has 0 N–H and O–H groups in total. The second-order valence-electron chi connectivity index (χ2n) is 38.5. The summed E-state index contributed by atoms with van der Waals surface area (Å²) in [4.78, 5) is 7.15. The van der Waals surface area contributed by atoms with Crippen LogP contribution in [-0.2, 0) is 0 Å². The predicted octanol–water partition coefficient (Wildman–Crippen LogP) is 42.8. The highest BCUT2D eigenvalue weighted by molar-refractivity contribution is 7.27. The van der Waals surface area contributed by atoms with E-state index in [1.54, 1.807) is 0 Å². The molecule has 0 atom stereocenters. The number of nitrogens with zero attached hydrogens (tertiary/aromatic N) is 3. The molecule has 0 saturated heterocycles. The molecule has 6 heteroatoms. The first-order valence-electron chi connectivity index (χ1n) is 51.2. The van der Waals surface area contributed by atoms with E-state index in [4.69, 9.17) is 0 Å². The van der Waals surface area contributed by atoms with Crippen molar-refractivity contribution in [1.29, 1.82) is 0 Å². The Morgan fingerprint density at radius 1 is 0.107 bits per heavy atom. The van der Waals surface area contributed by atoms with Crippen molar-refractivity contribution in [3.63, 3.8) is 0 Å². The molecule has 150 heavy (non-hydrogen) atoms. The zero-order valence-electron chi connectivity index (χ0n) is 81.9. The topological polar surface area (TPSA) is 9.72 Å². The lowest BCUT2D eigenvalue weighted by Gasteiger charge is -2.27. The van der Waals surface area contributed by atoms with Gasteiger partial charge in [0.05, 0.1) is 0 Å². The van der Waals surface area contributed by atoms with E-state index < -0.39 is 0 Å². The molecule has 26 aromatic carbocycles. The van der Waals surface area contributed by atoms with Gasteiger partial charge in [0.15, 0.2) is 0 Å². The van der Waals surface area contributed by atoms with Crippen molar-refractivity contribution in [2.45, 2.75) is 0 Å². The van der Waals surface area contributed by atoms with Crippen molar-refractivity contribution in [2.75, 3.05) is 14.7 Å². The van der Waals surface area contributed by atoms with Crippen LogP contribution in [0, 0.1) is 0 Å². The average molecular weight is 1960 g/mol. The molecule has 0 aliphatic rings. The number of para-hydroxylation sites is 1. The molecule has 0 unspecified atom stereocenters. The molecule has 3 heterocycles. The minimum atomic E-state index is 1.11. The van der Waals surface area contributed by atoms with Crippen LogP contribution in [0.5, 0.6) is 0 Å². The maximum atomic E-state index is 2.41. The second kappa shape index (κ2) is 39.4. The molecule has 704 valence electrons. The molecule has 0 radical (unpaired) electrons. The van der Waals surface area contributed by atoms with Gasteiger partial charge in [-0.1, -0.05) is 431 Å². The summed E-state index contributed by atoms with van der Waals surface area (Å²) < 4.78 is 8.08. The van der Waals surface area contributed by atoms with E-state index in [9.17, 15) is 0 Å².